The number of hydrogen-bond acceptors (Lipinski definition) is 8. The van der Waals surface area contributed by atoms with E-state index in [0.29, 0.717) is 11.1 Å². The van der Waals surface area contributed by atoms with Crippen molar-refractivity contribution >= 4 is 31.4 Å². The minimum absolute atomic E-state index is 0.169. The Morgan fingerprint density at radius 1 is 0.688 bits per heavy atom. The van der Waals surface area contributed by atoms with Gasteiger partial charge in [0.15, 0.2) is 0 Å². The Kier molecular flexibility index (Phi) is 6.33. The van der Waals surface area contributed by atoms with Gasteiger partial charge < -0.3 is 0 Å². The van der Waals surface area contributed by atoms with Crippen molar-refractivity contribution in [2.75, 3.05) is 26.2 Å². The smallest absolute Gasteiger partial charge is 0.258 e. The lowest BCUT2D eigenvalue weighted by Crippen LogP contribution is -2.50. The Labute approximate surface area is 184 Å². The van der Waals surface area contributed by atoms with Crippen molar-refractivity contribution < 1.29 is 26.7 Å². The van der Waals surface area contributed by atoms with Crippen molar-refractivity contribution in [3.63, 3.8) is 0 Å². The fourth-order valence-corrected chi connectivity index (χ4v) is 6.23. The number of rotatable bonds is 6. The van der Waals surface area contributed by atoms with E-state index in [1.807, 2.05) is 0 Å². The van der Waals surface area contributed by atoms with Gasteiger partial charge in [-0.05, 0) is 26.0 Å². The molecular formula is C18H20N4O8S2. The molecule has 2 aromatic rings. The van der Waals surface area contributed by atoms with Gasteiger partial charge in [-0.2, -0.15) is 8.61 Å². The molecule has 1 heterocycles. The molecular weight excluding hydrogens is 464 g/mol. The van der Waals surface area contributed by atoms with Crippen molar-refractivity contribution in [1.29, 1.82) is 0 Å². The SMILES string of the molecule is Cc1ccc(S(=O)(=O)N2CCN(S(=O)(=O)c3ccc(C)c([N+](=O)[O-])c3)CC2)cc1[N+](=O)[O-]. The number of piperazine rings is 1. The lowest BCUT2D eigenvalue weighted by atomic mass is 10.2. The molecule has 0 bridgehead atoms. The van der Waals surface area contributed by atoms with Gasteiger partial charge in [-0.25, -0.2) is 16.8 Å². The van der Waals surface area contributed by atoms with Crippen LogP contribution in [0.2, 0.25) is 0 Å². The number of nitro groups is 2. The first-order valence-corrected chi connectivity index (χ1v) is 12.2. The number of nitro benzene ring substituents is 2. The van der Waals surface area contributed by atoms with E-state index in [2.05, 4.69) is 0 Å². The zero-order valence-corrected chi connectivity index (χ0v) is 18.8. The summed E-state index contributed by atoms with van der Waals surface area (Å²) in [6.07, 6.45) is 0. The highest BCUT2D eigenvalue weighted by Gasteiger charge is 2.35. The number of nitrogens with zero attached hydrogens (tertiary/aromatic N) is 4. The second-order valence-corrected chi connectivity index (χ2v) is 11.1. The average Bonchev–Trinajstić information content (AvgIpc) is 2.73. The molecule has 1 saturated heterocycles. The molecule has 12 nitrogen and oxygen atoms in total. The van der Waals surface area contributed by atoms with Gasteiger partial charge in [-0.3, -0.25) is 20.2 Å². The van der Waals surface area contributed by atoms with Crippen LogP contribution in [0.25, 0.3) is 0 Å². The Balaban J connectivity index is 1.81. The molecule has 0 saturated carbocycles. The summed E-state index contributed by atoms with van der Waals surface area (Å²) in [4.78, 5) is 20.4. The van der Waals surface area contributed by atoms with Crippen LogP contribution in [0, 0.1) is 34.1 Å². The van der Waals surface area contributed by atoms with E-state index in [0.717, 1.165) is 20.7 Å². The minimum Gasteiger partial charge on any atom is -0.258 e. The summed E-state index contributed by atoms with van der Waals surface area (Å²) < 4.78 is 53.8. The molecule has 1 fully saturated rings. The molecule has 14 heteroatoms. The van der Waals surface area contributed by atoms with Gasteiger partial charge in [0, 0.05) is 49.4 Å². The summed E-state index contributed by atoms with van der Waals surface area (Å²) in [6, 6.07) is 7.20. The summed E-state index contributed by atoms with van der Waals surface area (Å²) in [6.45, 7) is 2.31. The first kappa shape index (κ1) is 23.7. The van der Waals surface area contributed by atoms with Crippen molar-refractivity contribution in [2.24, 2.45) is 0 Å². The molecule has 0 atom stereocenters. The topological polar surface area (TPSA) is 161 Å². The van der Waals surface area contributed by atoms with Crippen molar-refractivity contribution in [1.82, 2.24) is 8.61 Å². The molecule has 0 amide bonds. The number of sulfonamides is 2. The van der Waals surface area contributed by atoms with Crippen LogP contribution in [0.15, 0.2) is 46.2 Å². The van der Waals surface area contributed by atoms with Gasteiger partial charge in [0.1, 0.15) is 0 Å². The van der Waals surface area contributed by atoms with E-state index < -0.39 is 29.9 Å². The summed E-state index contributed by atoms with van der Waals surface area (Å²) >= 11 is 0. The third-order valence-corrected chi connectivity index (χ3v) is 9.02. The summed E-state index contributed by atoms with van der Waals surface area (Å²) in [5, 5.41) is 22.3. The number of hydrogen-bond donors (Lipinski definition) is 0. The summed E-state index contributed by atoms with van der Waals surface area (Å²) in [5.74, 6) is 0. The van der Waals surface area contributed by atoms with E-state index in [4.69, 9.17) is 0 Å². The first-order valence-electron chi connectivity index (χ1n) is 9.36. The largest absolute Gasteiger partial charge is 0.273 e. The second kappa shape index (κ2) is 8.54. The van der Waals surface area contributed by atoms with Gasteiger partial charge in [0.25, 0.3) is 11.4 Å². The Hall–Kier alpha value is -2.94. The van der Waals surface area contributed by atoms with Crippen LogP contribution in [0.4, 0.5) is 11.4 Å². The number of benzene rings is 2. The molecule has 0 aliphatic carbocycles. The number of aryl methyl sites for hydroxylation is 2. The molecule has 32 heavy (non-hydrogen) atoms. The van der Waals surface area contributed by atoms with Gasteiger partial charge in [0.2, 0.25) is 20.0 Å². The molecule has 0 N–H and O–H groups in total. The van der Waals surface area contributed by atoms with Crippen LogP contribution < -0.4 is 0 Å². The van der Waals surface area contributed by atoms with Gasteiger partial charge in [-0.1, -0.05) is 12.1 Å². The van der Waals surface area contributed by atoms with Gasteiger partial charge in [0.05, 0.1) is 19.6 Å². The van der Waals surface area contributed by atoms with E-state index in [1.54, 1.807) is 0 Å². The monoisotopic (exact) mass is 484 g/mol. The van der Waals surface area contributed by atoms with Gasteiger partial charge in [-0.15, -0.1) is 0 Å². The maximum Gasteiger partial charge on any atom is 0.273 e. The zero-order valence-electron chi connectivity index (χ0n) is 17.2. The third-order valence-electron chi connectivity index (χ3n) is 5.23. The fourth-order valence-electron chi connectivity index (χ4n) is 3.34. The van der Waals surface area contributed by atoms with Crippen LogP contribution >= 0.6 is 0 Å². The summed E-state index contributed by atoms with van der Waals surface area (Å²) in [5.41, 5.74) is -0.0179. The molecule has 0 unspecified atom stereocenters. The molecule has 3 rings (SSSR count). The highest BCUT2D eigenvalue weighted by Crippen LogP contribution is 2.28. The Morgan fingerprint density at radius 3 is 1.28 bits per heavy atom. The molecule has 1 aliphatic rings. The van der Waals surface area contributed by atoms with Crippen LogP contribution in [-0.4, -0.2) is 61.5 Å². The van der Waals surface area contributed by atoms with Crippen molar-refractivity contribution in [3.8, 4) is 0 Å². The Morgan fingerprint density at radius 2 is 1.00 bits per heavy atom. The van der Waals surface area contributed by atoms with Crippen LogP contribution in [0.5, 0.6) is 0 Å². The highest BCUT2D eigenvalue weighted by molar-refractivity contribution is 7.89. The molecule has 1 aliphatic heterocycles. The molecule has 0 aromatic heterocycles. The maximum absolute atomic E-state index is 12.9. The molecule has 0 spiro atoms. The Bertz CT molecular complexity index is 1200. The fraction of sp³-hybridized carbons (Fsp3) is 0.333. The van der Waals surface area contributed by atoms with E-state index >= 15 is 0 Å². The lowest BCUT2D eigenvalue weighted by molar-refractivity contribution is -0.385. The van der Waals surface area contributed by atoms with Crippen LogP contribution in [-0.2, 0) is 20.0 Å². The van der Waals surface area contributed by atoms with Crippen molar-refractivity contribution in [2.45, 2.75) is 23.6 Å². The quantitative estimate of drug-likeness (QED) is 0.443. The maximum atomic E-state index is 12.9. The average molecular weight is 485 g/mol. The zero-order chi connectivity index (χ0) is 23.8. The predicted molar refractivity (Wildman–Crippen MR) is 113 cm³/mol. The molecule has 172 valence electrons. The predicted octanol–water partition coefficient (Wildman–Crippen LogP) is 1.82. The van der Waals surface area contributed by atoms with E-state index in [9.17, 15) is 37.1 Å². The van der Waals surface area contributed by atoms with Crippen molar-refractivity contribution in [3.05, 3.63) is 67.8 Å². The first-order chi connectivity index (χ1) is 14.9. The highest BCUT2D eigenvalue weighted by atomic mass is 32.2. The lowest BCUT2D eigenvalue weighted by Gasteiger charge is -2.33. The van der Waals surface area contributed by atoms with Gasteiger partial charge >= 0.3 is 0 Å². The molecule has 0 radical (unpaired) electrons. The van der Waals surface area contributed by atoms with Crippen LogP contribution in [0.1, 0.15) is 11.1 Å². The summed E-state index contributed by atoms with van der Waals surface area (Å²) in [7, 11) is -8.15. The van der Waals surface area contributed by atoms with E-state index in [-0.39, 0.29) is 47.3 Å². The third kappa shape index (κ3) is 4.34. The molecule has 2 aromatic carbocycles. The minimum atomic E-state index is -4.07. The second-order valence-electron chi connectivity index (χ2n) is 7.22. The van der Waals surface area contributed by atoms with Crippen LogP contribution in [0.3, 0.4) is 0 Å². The van der Waals surface area contributed by atoms with E-state index in [1.165, 1.54) is 38.1 Å². The standard InChI is InChI=1S/C18H20N4O8S2/c1-13-3-5-15(11-17(13)21(23)24)31(27,28)19-7-9-20(10-8-19)32(29,30)16-6-4-14(2)18(12-16)22(25)26/h3-6,11-12H,7-10H2,1-2H3. The normalized spacial score (nSPS) is 16.1.